The average molecular weight is 326 g/mol. The Morgan fingerprint density at radius 1 is 1.30 bits per heavy atom. The maximum absolute atomic E-state index is 12.7. The van der Waals surface area contributed by atoms with Crippen molar-refractivity contribution in [3.05, 3.63) is 62.9 Å². The molecule has 4 heteroatoms. The smallest absolute Gasteiger partial charge is 0.254 e. The summed E-state index contributed by atoms with van der Waals surface area (Å²) in [5.41, 5.74) is 5.29. The molecular formula is C19H22N2OS. The zero-order chi connectivity index (χ0) is 16.4. The van der Waals surface area contributed by atoms with Crippen LogP contribution in [0.4, 0.5) is 0 Å². The van der Waals surface area contributed by atoms with Crippen molar-refractivity contribution in [1.82, 2.24) is 10.3 Å². The van der Waals surface area contributed by atoms with Crippen LogP contribution >= 0.6 is 12.2 Å². The van der Waals surface area contributed by atoms with Crippen molar-refractivity contribution in [3.8, 4) is 0 Å². The number of aromatic amines is 1. The molecule has 0 bridgehead atoms. The van der Waals surface area contributed by atoms with E-state index in [-0.39, 0.29) is 5.91 Å². The normalized spacial score (nSPS) is 16.7. The molecule has 120 valence electrons. The highest BCUT2D eigenvalue weighted by Crippen LogP contribution is 2.30. The Morgan fingerprint density at radius 2 is 2.04 bits per heavy atom. The predicted octanol–water partition coefficient (Wildman–Crippen LogP) is 4.11. The van der Waals surface area contributed by atoms with Gasteiger partial charge in [0.15, 0.2) is 0 Å². The van der Waals surface area contributed by atoms with Gasteiger partial charge in [0, 0.05) is 12.2 Å². The number of carbonyl (C=O) groups is 1. The lowest BCUT2D eigenvalue weighted by molar-refractivity contribution is 0.0948. The minimum atomic E-state index is -0.0690. The van der Waals surface area contributed by atoms with Gasteiger partial charge in [-0.2, -0.15) is 0 Å². The fourth-order valence-corrected chi connectivity index (χ4v) is 3.70. The van der Waals surface area contributed by atoms with Gasteiger partial charge in [0.25, 0.3) is 5.91 Å². The number of amides is 1. The molecule has 1 aromatic carbocycles. The van der Waals surface area contributed by atoms with Crippen LogP contribution < -0.4 is 5.32 Å². The standard InChI is InChI=1S/C19H22N2OS/c1-12-8-9-15-13(2)21-19(23)17(16(15)10-12)18(22)20-11-14-6-4-3-5-7-14/h3-7,12H,8-11H2,1-2H3,(H,20,22)(H,21,23)/t12-/m1/s1. The zero-order valence-corrected chi connectivity index (χ0v) is 14.4. The van der Waals surface area contributed by atoms with Crippen molar-refractivity contribution in [2.75, 3.05) is 0 Å². The first kappa shape index (κ1) is 15.9. The van der Waals surface area contributed by atoms with Crippen LogP contribution in [0, 0.1) is 17.5 Å². The van der Waals surface area contributed by atoms with Gasteiger partial charge < -0.3 is 10.3 Å². The zero-order valence-electron chi connectivity index (χ0n) is 13.6. The number of rotatable bonds is 3. The number of carbonyl (C=O) groups excluding carboxylic acids is 1. The molecule has 0 radical (unpaired) electrons. The number of aryl methyl sites for hydroxylation is 1. The largest absolute Gasteiger partial charge is 0.349 e. The number of pyridine rings is 1. The molecule has 1 atom stereocenters. The summed E-state index contributed by atoms with van der Waals surface area (Å²) in [6.07, 6.45) is 3.12. The summed E-state index contributed by atoms with van der Waals surface area (Å²) in [6, 6.07) is 9.94. The molecule has 3 nitrogen and oxygen atoms in total. The lowest BCUT2D eigenvalue weighted by Crippen LogP contribution is -2.27. The number of nitrogens with one attached hydrogen (secondary N) is 2. The number of fused-ring (bicyclic) bond motifs is 1. The summed E-state index contributed by atoms with van der Waals surface area (Å²) >= 11 is 5.45. The first-order chi connectivity index (χ1) is 11.1. The summed E-state index contributed by atoms with van der Waals surface area (Å²) in [4.78, 5) is 15.9. The van der Waals surface area contributed by atoms with Crippen LogP contribution in [0.1, 0.15) is 46.1 Å². The van der Waals surface area contributed by atoms with Crippen LogP contribution in [0.15, 0.2) is 30.3 Å². The fraction of sp³-hybridized carbons (Fsp3) is 0.368. The maximum atomic E-state index is 12.7. The molecule has 0 unspecified atom stereocenters. The van der Waals surface area contributed by atoms with Crippen molar-refractivity contribution < 1.29 is 4.79 Å². The van der Waals surface area contributed by atoms with Gasteiger partial charge >= 0.3 is 0 Å². The minimum Gasteiger partial charge on any atom is -0.349 e. The van der Waals surface area contributed by atoms with Crippen LogP contribution in [0.5, 0.6) is 0 Å². The summed E-state index contributed by atoms with van der Waals surface area (Å²) in [7, 11) is 0. The van der Waals surface area contributed by atoms with Gasteiger partial charge in [-0.25, -0.2) is 0 Å². The monoisotopic (exact) mass is 326 g/mol. The van der Waals surface area contributed by atoms with E-state index in [2.05, 4.69) is 24.1 Å². The van der Waals surface area contributed by atoms with Gasteiger partial charge in [-0.3, -0.25) is 4.79 Å². The molecule has 1 heterocycles. The summed E-state index contributed by atoms with van der Waals surface area (Å²) in [5, 5.41) is 3.01. The van der Waals surface area contributed by atoms with E-state index in [1.165, 1.54) is 12.0 Å². The Kier molecular flexibility index (Phi) is 4.62. The van der Waals surface area contributed by atoms with Crippen molar-refractivity contribution in [2.24, 2.45) is 5.92 Å². The quantitative estimate of drug-likeness (QED) is 0.834. The van der Waals surface area contributed by atoms with E-state index < -0.39 is 0 Å². The molecule has 1 amide bonds. The molecule has 0 spiro atoms. The molecule has 2 N–H and O–H groups in total. The molecule has 1 aromatic heterocycles. The van der Waals surface area contributed by atoms with Gasteiger partial charge in [0.2, 0.25) is 0 Å². The van der Waals surface area contributed by atoms with E-state index in [0.717, 1.165) is 29.7 Å². The highest BCUT2D eigenvalue weighted by molar-refractivity contribution is 7.71. The van der Waals surface area contributed by atoms with Crippen LogP contribution in [-0.4, -0.2) is 10.9 Å². The third-order valence-corrected chi connectivity index (χ3v) is 4.92. The molecular weight excluding hydrogens is 304 g/mol. The van der Waals surface area contributed by atoms with Gasteiger partial charge in [0.1, 0.15) is 4.64 Å². The topological polar surface area (TPSA) is 44.9 Å². The molecule has 1 aliphatic carbocycles. The van der Waals surface area contributed by atoms with Crippen LogP contribution in [0.25, 0.3) is 0 Å². The van der Waals surface area contributed by atoms with E-state index in [1.54, 1.807) is 0 Å². The number of hydrogen-bond acceptors (Lipinski definition) is 2. The first-order valence-corrected chi connectivity index (χ1v) is 8.54. The second-order valence-electron chi connectivity index (χ2n) is 6.43. The van der Waals surface area contributed by atoms with Crippen molar-refractivity contribution in [1.29, 1.82) is 0 Å². The lowest BCUT2D eigenvalue weighted by atomic mass is 9.82. The molecule has 2 aromatic rings. The fourth-order valence-electron chi connectivity index (χ4n) is 3.33. The Balaban J connectivity index is 1.90. The Labute approximate surface area is 142 Å². The minimum absolute atomic E-state index is 0.0690. The van der Waals surface area contributed by atoms with Gasteiger partial charge in [-0.1, -0.05) is 49.5 Å². The molecule has 1 aliphatic rings. The van der Waals surface area contributed by atoms with Crippen LogP contribution in [0.3, 0.4) is 0 Å². The molecule has 0 saturated heterocycles. The maximum Gasteiger partial charge on any atom is 0.254 e. The lowest BCUT2D eigenvalue weighted by Gasteiger charge is -2.25. The van der Waals surface area contributed by atoms with Crippen molar-refractivity contribution in [2.45, 2.75) is 39.7 Å². The third kappa shape index (κ3) is 3.37. The SMILES string of the molecule is Cc1[nH]c(=S)c(C(=O)NCc2ccccc2)c2c1CC[C@@H](C)C2. The highest BCUT2D eigenvalue weighted by atomic mass is 32.1. The molecule has 0 fully saturated rings. The van der Waals surface area contributed by atoms with E-state index >= 15 is 0 Å². The molecule has 3 rings (SSSR count). The predicted molar refractivity (Wildman–Crippen MR) is 95.2 cm³/mol. The number of H-pyrrole nitrogens is 1. The van der Waals surface area contributed by atoms with Crippen LogP contribution in [-0.2, 0) is 19.4 Å². The van der Waals surface area contributed by atoms with E-state index in [0.29, 0.717) is 22.7 Å². The average Bonchev–Trinajstić information content (AvgIpc) is 2.53. The summed E-state index contributed by atoms with van der Waals surface area (Å²) in [6.45, 7) is 4.81. The van der Waals surface area contributed by atoms with E-state index in [9.17, 15) is 4.79 Å². The van der Waals surface area contributed by atoms with Gasteiger partial charge in [0.05, 0.1) is 5.56 Å². The number of hydrogen-bond donors (Lipinski definition) is 2. The highest BCUT2D eigenvalue weighted by Gasteiger charge is 2.24. The van der Waals surface area contributed by atoms with E-state index in [1.807, 2.05) is 30.3 Å². The van der Waals surface area contributed by atoms with Gasteiger partial charge in [-0.15, -0.1) is 0 Å². The van der Waals surface area contributed by atoms with Crippen molar-refractivity contribution >= 4 is 18.1 Å². The molecule has 0 saturated carbocycles. The number of benzene rings is 1. The second-order valence-corrected chi connectivity index (χ2v) is 6.84. The molecule has 23 heavy (non-hydrogen) atoms. The Hall–Kier alpha value is -1.94. The van der Waals surface area contributed by atoms with E-state index in [4.69, 9.17) is 12.2 Å². The molecule has 0 aliphatic heterocycles. The summed E-state index contributed by atoms with van der Waals surface area (Å²) < 4.78 is 0.556. The Morgan fingerprint density at radius 3 is 2.78 bits per heavy atom. The van der Waals surface area contributed by atoms with Crippen molar-refractivity contribution in [3.63, 3.8) is 0 Å². The van der Waals surface area contributed by atoms with Gasteiger partial charge in [-0.05, 0) is 48.8 Å². The Bertz CT molecular complexity index is 780. The second kappa shape index (κ2) is 6.67. The van der Waals surface area contributed by atoms with Crippen LogP contribution in [0.2, 0.25) is 0 Å². The third-order valence-electron chi connectivity index (χ3n) is 4.61. The first-order valence-electron chi connectivity index (χ1n) is 8.13. The summed E-state index contributed by atoms with van der Waals surface area (Å²) in [5.74, 6) is 0.528. The number of aromatic nitrogens is 1.